The Morgan fingerprint density at radius 3 is 2.65 bits per heavy atom. The number of rotatable bonds is 1. The zero-order valence-electron chi connectivity index (χ0n) is 12.4. The van der Waals surface area contributed by atoms with Crippen molar-refractivity contribution in [2.75, 3.05) is 19.0 Å². The van der Waals surface area contributed by atoms with Crippen LogP contribution in [0.2, 0.25) is 0 Å². The molecule has 2 nitrogen and oxygen atoms in total. The van der Waals surface area contributed by atoms with Gasteiger partial charge in [0.1, 0.15) is 13.6 Å². The lowest BCUT2D eigenvalue weighted by Crippen LogP contribution is -2.32. The number of hydrogen-bond acceptors (Lipinski definition) is 2. The Hall–Kier alpha value is -1.90. The largest absolute Gasteiger partial charge is 0.493 e. The van der Waals surface area contributed by atoms with Crippen molar-refractivity contribution in [3.05, 3.63) is 41.5 Å². The maximum atomic E-state index is 6.01. The standard InChI is InChI=1S/C17H18BNO/c1-11-9-14-12(10-15(11)19(3)4)5-6-16-13(14)7-8-17(2,18)20-16/h5-10H,1-4H3. The highest BCUT2D eigenvalue weighted by Gasteiger charge is 2.22. The van der Waals surface area contributed by atoms with Crippen LogP contribution < -0.4 is 9.64 Å². The summed E-state index contributed by atoms with van der Waals surface area (Å²) >= 11 is 0. The Labute approximate surface area is 121 Å². The smallest absolute Gasteiger partial charge is 0.137 e. The second-order valence-corrected chi connectivity index (χ2v) is 5.85. The molecule has 0 bridgehead atoms. The lowest BCUT2D eigenvalue weighted by molar-refractivity contribution is 0.224. The van der Waals surface area contributed by atoms with Crippen molar-refractivity contribution in [1.29, 1.82) is 0 Å². The molecule has 20 heavy (non-hydrogen) atoms. The normalized spacial score (nSPS) is 20.6. The van der Waals surface area contributed by atoms with Crippen molar-refractivity contribution < 1.29 is 4.74 Å². The monoisotopic (exact) mass is 263 g/mol. The van der Waals surface area contributed by atoms with Crippen molar-refractivity contribution in [2.45, 2.75) is 19.3 Å². The van der Waals surface area contributed by atoms with E-state index < -0.39 is 5.50 Å². The van der Waals surface area contributed by atoms with Crippen LogP contribution in [0.1, 0.15) is 18.1 Å². The molecular weight excluding hydrogens is 245 g/mol. The average Bonchev–Trinajstić information content (AvgIpc) is 2.36. The average molecular weight is 263 g/mol. The number of anilines is 1. The molecule has 3 rings (SSSR count). The molecule has 1 aliphatic heterocycles. The summed E-state index contributed by atoms with van der Waals surface area (Å²) in [6.45, 7) is 3.99. The zero-order valence-corrected chi connectivity index (χ0v) is 12.4. The fourth-order valence-corrected chi connectivity index (χ4v) is 2.73. The minimum absolute atomic E-state index is 0.723. The number of ether oxygens (including phenoxy) is 1. The van der Waals surface area contributed by atoms with Crippen molar-refractivity contribution in [1.82, 2.24) is 0 Å². The molecular formula is C17H18BNO. The molecule has 0 saturated heterocycles. The molecule has 0 amide bonds. The third kappa shape index (κ3) is 2.07. The Morgan fingerprint density at radius 2 is 1.95 bits per heavy atom. The van der Waals surface area contributed by atoms with Gasteiger partial charge in [-0.25, -0.2) is 0 Å². The molecule has 0 N–H and O–H groups in total. The summed E-state index contributed by atoms with van der Waals surface area (Å²) in [5, 5.41) is 2.42. The zero-order chi connectivity index (χ0) is 14.5. The maximum Gasteiger partial charge on any atom is 0.137 e. The Balaban J connectivity index is 2.25. The topological polar surface area (TPSA) is 12.5 Å². The fraction of sp³-hybridized carbons (Fsp3) is 0.294. The maximum absolute atomic E-state index is 6.01. The predicted molar refractivity (Wildman–Crippen MR) is 86.8 cm³/mol. The van der Waals surface area contributed by atoms with Crippen LogP contribution in [-0.4, -0.2) is 27.4 Å². The van der Waals surface area contributed by atoms with Gasteiger partial charge in [-0.2, -0.15) is 0 Å². The van der Waals surface area contributed by atoms with Crippen LogP contribution in [0.5, 0.6) is 5.75 Å². The van der Waals surface area contributed by atoms with E-state index >= 15 is 0 Å². The molecule has 3 heteroatoms. The van der Waals surface area contributed by atoms with Crippen molar-refractivity contribution >= 4 is 30.4 Å². The lowest BCUT2D eigenvalue weighted by Gasteiger charge is -2.29. The molecule has 1 heterocycles. The second-order valence-electron chi connectivity index (χ2n) is 5.85. The molecule has 1 atom stereocenters. The first-order valence-corrected chi connectivity index (χ1v) is 6.79. The van der Waals surface area contributed by atoms with E-state index in [4.69, 9.17) is 12.6 Å². The first-order chi connectivity index (χ1) is 9.37. The molecule has 2 aromatic rings. The molecule has 2 aromatic carbocycles. The Kier molecular flexibility index (Phi) is 2.82. The van der Waals surface area contributed by atoms with Crippen LogP contribution in [0, 0.1) is 6.92 Å². The van der Waals surface area contributed by atoms with Crippen LogP contribution in [0.25, 0.3) is 16.8 Å². The molecule has 1 unspecified atom stereocenters. The minimum Gasteiger partial charge on any atom is -0.493 e. The van der Waals surface area contributed by atoms with E-state index in [0.29, 0.717) is 0 Å². The number of benzene rings is 2. The Morgan fingerprint density at radius 1 is 1.20 bits per heavy atom. The Bertz CT molecular complexity index is 716. The van der Waals surface area contributed by atoms with Gasteiger partial charge in [-0.15, -0.1) is 0 Å². The van der Waals surface area contributed by atoms with Gasteiger partial charge in [-0.05, 0) is 48.4 Å². The van der Waals surface area contributed by atoms with E-state index in [9.17, 15) is 0 Å². The summed E-state index contributed by atoms with van der Waals surface area (Å²) in [5.41, 5.74) is 2.88. The SMILES string of the molecule is [B]C1(C)C=Cc2c(ccc3cc(N(C)C)c(C)cc23)O1. The summed E-state index contributed by atoms with van der Waals surface area (Å²) in [5.74, 6) is 0.849. The molecule has 0 aliphatic carbocycles. The highest BCUT2D eigenvalue weighted by molar-refractivity contribution is 6.17. The number of hydrogen-bond donors (Lipinski definition) is 0. The van der Waals surface area contributed by atoms with Crippen molar-refractivity contribution in [2.24, 2.45) is 0 Å². The van der Waals surface area contributed by atoms with Gasteiger partial charge in [0.05, 0.1) is 5.50 Å². The van der Waals surface area contributed by atoms with E-state index in [1.54, 1.807) is 0 Å². The molecule has 100 valence electrons. The first kappa shape index (κ1) is 13.1. The van der Waals surface area contributed by atoms with Crippen LogP contribution in [-0.2, 0) is 0 Å². The summed E-state index contributed by atoms with van der Waals surface area (Å²) < 4.78 is 5.83. The van der Waals surface area contributed by atoms with E-state index in [1.807, 2.05) is 19.1 Å². The summed E-state index contributed by atoms with van der Waals surface area (Å²) in [4.78, 5) is 2.14. The molecule has 0 spiro atoms. The summed E-state index contributed by atoms with van der Waals surface area (Å²) in [6.07, 6.45) is 3.97. The van der Waals surface area contributed by atoms with E-state index in [0.717, 1.165) is 11.3 Å². The van der Waals surface area contributed by atoms with Crippen molar-refractivity contribution in [3.63, 3.8) is 0 Å². The van der Waals surface area contributed by atoms with Crippen molar-refractivity contribution in [3.8, 4) is 5.75 Å². The quantitative estimate of drug-likeness (QED) is 0.730. The number of nitrogens with zero attached hydrogens (tertiary/aromatic N) is 1. The number of fused-ring (bicyclic) bond motifs is 3. The minimum atomic E-state index is -0.723. The van der Waals surface area contributed by atoms with E-state index in [1.165, 1.54) is 22.0 Å². The molecule has 2 radical (unpaired) electrons. The van der Waals surface area contributed by atoms with Gasteiger partial charge in [0.2, 0.25) is 0 Å². The van der Waals surface area contributed by atoms with Gasteiger partial charge in [0, 0.05) is 25.3 Å². The van der Waals surface area contributed by atoms with Crippen LogP contribution in [0.4, 0.5) is 5.69 Å². The van der Waals surface area contributed by atoms with Gasteiger partial charge in [-0.3, -0.25) is 0 Å². The molecule has 0 fully saturated rings. The predicted octanol–water partition coefficient (Wildman–Crippen LogP) is 3.50. The number of aryl methyl sites for hydroxylation is 1. The van der Waals surface area contributed by atoms with Gasteiger partial charge in [0.15, 0.2) is 0 Å². The second kappa shape index (κ2) is 4.30. The van der Waals surface area contributed by atoms with E-state index in [2.05, 4.69) is 50.2 Å². The summed E-state index contributed by atoms with van der Waals surface area (Å²) in [7, 11) is 10.1. The summed E-state index contributed by atoms with van der Waals surface area (Å²) in [6, 6.07) is 8.53. The lowest BCUT2D eigenvalue weighted by atomic mass is 9.81. The molecule has 0 aromatic heterocycles. The van der Waals surface area contributed by atoms with Crippen LogP contribution in [0.15, 0.2) is 30.3 Å². The van der Waals surface area contributed by atoms with Crippen LogP contribution >= 0.6 is 0 Å². The van der Waals surface area contributed by atoms with Gasteiger partial charge in [-0.1, -0.05) is 18.2 Å². The van der Waals surface area contributed by atoms with E-state index in [-0.39, 0.29) is 0 Å². The van der Waals surface area contributed by atoms with Gasteiger partial charge < -0.3 is 9.64 Å². The molecule has 1 aliphatic rings. The first-order valence-electron chi connectivity index (χ1n) is 6.79. The third-order valence-corrected chi connectivity index (χ3v) is 3.73. The van der Waals surface area contributed by atoms with Gasteiger partial charge >= 0.3 is 0 Å². The molecule has 0 saturated carbocycles. The fourth-order valence-electron chi connectivity index (χ4n) is 2.73. The highest BCUT2D eigenvalue weighted by Crippen LogP contribution is 2.37. The highest BCUT2D eigenvalue weighted by atomic mass is 16.5. The van der Waals surface area contributed by atoms with Crippen LogP contribution in [0.3, 0.4) is 0 Å². The van der Waals surface area contributed by atoms with Gasteiger partial charge in [0.25, 0.3) is 0 Å². The third-order valence-electron chi connectivity index (χ3n) is 3.73.